The summed E-state index contributed by atoms with van der Waals surface area (Å²) in [6, 6.07) is 21.3. The van der Waals surface area contributed by atoms with Crippen LogP contribution in [0, 0.1) is 0 Å². The van der Waals surface area contributed by atoms with Crippen molar-refractivity contribution in [2.45, 2.75) is 6.54 Å². The highest BCUT2D eigenvalue weighted by atomic mass is 79.9. The van der Waals surface area contributed by atoms with Crippen molar-refractivity contribution in [1.82, 2.24) is 9.88 Å². The van der Waals surface area contributed by atoms with Crippen LogP contribution in [0.2, 0.25) is 0 Å². The molecule has 0 radical (unpaired) electrons. The predicted molar refractivity (Wildman–Crippen MR) is 104 cm³/mol. The molecule has 0 unspecified atom stereocenters. The Labute approximate surface area is 155 Å². The molecule has 0 saturated carbocycles. The molecule has 5 heteroatoms. The number of halogens is 1. The minimum atomic E-state index is -0.0495. The number of hydrogen-bond donors (Lipinski definition) is 1. The molecule has 1 N–H and O–H groups in total. The highest BCUT2D eigenvalue weighted by Crippen LogP contribution is 2.18. The van der Waals surface area contributed by atoms with Crippen LogP contribution in [-0.4, -0.2) is 22.8 Å². The van der Waals surface area contributed by atoms with Crippen LogP contribution in [0.15, 0.2) is 77.4 Å². The first kappa shape index (κ1) is 17.2. The van der Waals surface area contributed by atoms with E-state index in [1.54, 1.807) is 24.2 Å². The fourth-order valence-electron chi connectivity index (χ4n) is 2.42. The summed E-state index contributed by atoms with van der Waals surface area (Å²) in [4.78, 5) is 18.5. The molecule has 1 amide bonds. The smallest absolute Gasteiger partial charge is 0.255 e. The first-order valence-electron chi connectivity index (χ1n) is 7.90. The molecular weight excluding hydrogens is 378 g/mol. The van der Waals surface area contributed by atoms with Crippen molar-refractivity contribution in [2.75, 3.05) is 12.4 Å². The van der Waals surface area contributed by atoms with Gasteiger partial charge in [0.05, 0.1) is 5.56 Å². The van der Waals surface area contributed by atoms with Crippen molar-refractivity contribution >= 4 is 33.3 Å². The van der Waals surface area contributed by atoms with Crippen molar-refractivity contribution in [1.29, 1.82) is 0 Å². The third-order valence-electron chi connectivity index (χ3n) is 3.74. The van der Waals surface area contributed by atoms with Gasteiger partial charge in [-0.05, 0) is 42.0 Å². The molecule has 2 aromatic carbocycles. The second-order valence-electron chi connectivity index (χ2n) is 5.71. The van der Waals surface area contributed by atoms with Crippen molar-refractivity contribution in [2.24, 2.45) is 0 Å². The molecule has 25 heavy (non-hydrogen) atoms. The Morgan fingerprint density at radius 2 is 1.76 bits per heavy atom. The molecule has 0 aliphatic rings. The van der Waals surface area contributed by atoms with Gasteiger partial charge in [-0.3, -0.25) is 4.79 Å². The Hall–Kier alpha value is -2.66. The lowest BCUT2D eigenvalue weighted by Crippen LogP contribution is -2.26. The molecule has 0 aliphatic carbocycles. The van der Waals surface area contributed by atoms with Crippen LogP contribution in [0.25, 0.3) is 0 Å². The number of hydrogen-bond acceptors (Lipinski definition) is 3. The molecule has 4 nitrogen and oxygen atoms in total. The Kier molecular flexibility index (Phi) is 5.46. The second-order valence-corrected chi connectivity index (χ2v) is 6.63. The number of carbonyl (C=O) groups is 1. The van der Waals surface area contributed by atoms with Gasteiger partial charge < -0.3 is 10.2 Å². The van der Waals surface area contributed by atoms with Crippen molar-refractivity contribution < 1.29 is 4.79 Å². The normalized spacial score (nSPS) is 10.3. The molecule has 0 atom stereocenters. The van der Waals surface area contributed by atoms with Crippen LogP contribution in [-0.2, 0) is 6.54 Å². The van der Waals surface area contributed by atoms with Crippen LogP contribution in [0.3, 0.4) is 0 Å². The van der Waals surface area contributed by atoms with Gasteiger partial charge in [0.1, 0.15) is 5.82 Å². The Bertz CT molecular complexity index is 833. The zero-order chi connectivity index (χ0) is 17.6. The number of carbonyl (C=O) groups excluding carboxylic acids is 1. The topological polar surface area (TPSA) is 45.2 Å². The van der Waals surface area contributed by atoms with E-state index in [2.05, 4.69) is 26.2 Å². The second kappa shape index (κ2) is 7.94. The molecule has 0 spiro atoms. The number of benzene rings is 2. The lowest BCUT2D eigenvalue weighted by Gasteiger charge is -2.17. The number of nitrogens with one attached hydrogen (secondary N) is 1. The summed E-state index contributed by atoms with van der Waals surface area (Å²) >= 11 is 3.41. The monoisotopic (exact) mass is 395 g/mol. The van der Waals surface area contributed by atoms with Crippen molar-refractivity contribution in [3.63, 3.8) is 0 Å². The zero-order valence-corrected chi connectivity index (χ0v) is 15.4. The molecule has 3 aromatic rings. The van der Waals surface area contributed by atoms with Gasteiger partial charge in [-0.25, -0.2) is 4.98 Å². The summed E-state index contributed by atoms with van der Waals surface area (Å²) in [5.41, 5.74) is 2.61. The summed E-state index contributed by atoms with van der Waals surface area (Å²) in [5, 5.41) is 3.21. The Morgan fingerprint density at radius 3 is 2.40 bits per heavy atom. The molecule has 1 heterocycles. The van der Waals surface area contributed by atoms with E-state index in [9.17, 15) is 4.79 Å². The van der Waals surface area contributed by atoms with Gasteiger partial charge in [-0.1, -0.05) is 46.3 Å². The Balaban J connectivity index is 1.64. The van der Waals surface area contributed by atoms with E-state index in [1.807, 2.05) is 60.7 Å². The zero-order valence-electron chi connectivity index (χ0n) is 13.8. The minimum absolute atomic E-state index is 0.0495. The van der Waals surface area contributed by atoms with Gasteiger partial charge in [0, 0.05) is 29.9 Å². The average Bonchev–Trinajstić information content (AvgIpc) is 2.64. The average molecular weight is 396 g/mol. The highest BCUT2D eigenvalue weighted by Gasteiger charge is 2.12. The maximum absolute atomic E-state index is 12.5. The molecule has 126 valence electrons. The molecule has 1 aromatic heterocycles. The van der Waals surface area contributed by atoms with Crippen LogP contribution >= 0.6 is 15.9 Å². The van der Waals surface area contributed by atoms with E-state index in [4.69, 9.17) is 0 Å². The van der Waals surface area contributed by atoms with Gasteiger partial charge in [0.2, 0.25) is 0 Å². The SMILES string of the molecule is CN(Cc1ccccc1)C(=O)c1ccc(Nc2ccc(Br)cc2)nc1. The first-order valence-corrected chi connectivity index (χ1v) is 8.69. The fraction of sp³-hybridized carbons (Fsp3) is 0.100. The summed E-state index contributed by atoms with van der Waals surface area (Å²) in [7, 11) is 1.79. The van der Waals surface area contributed by atoms with Gasteiger partial charge in [-0.15, -0.1) is 0 Å². The van der Waals surface area contributed by atoms with E-state index in [1.165, 1.54) is 0 Å². The van der Waals surface area contributed by atoms with Crippen molar-refractivity contribution in [3.8, 4) is 0 Å². The Morgan fingerprint density at radius 1 is 1.04 bits per heavy atom. The number of anilines is 2. The number of aromatic nitrogens is 1. The molecule has 3 rings (SSSR count). The minimum Gasteiger partial charge on any atom is -0.340 e. The van der Waals surface area contributed by atoms with Gasteiger partial charge >= 0.3 is 0 Å². The van der Waals surface area contributed by atoms with Crippen LogP contribution < -0.4 is 5.32 Å². The summed E-state index contributed by atoms with van der Waals surface area (Å²) < 4.78 is 1.02. The van der Waals surface area contributed by atoms with Crippen LogP contribution in [0.5, 0.6) is 0 Å². The number of rotatable bonds is 5. The molecule has 0 saturated heterocycles. The lowest BCUT2D eigenvalue weighted by atomic mass is 10.2. The van der Waals surface area contributed by atoms with E-state index in [-0.39, 0.29) is 5.91 Å². The van der Waals surface area contributed by atoms with Gasteiger partial charge in [0.25, 0.3) is 5.91 Å². The molecule has 0 bridgehead atoms. The van der Waals surface area contributed by atoms with E-state index in [0.29, 0.717) is 17.9 Å². The van der Waals surface area contributed by atoms with E-state index >= 15 is 0 Å². The van der Waals surface area contributed by atoms with E-state index < -0.39 is 0 Å². The third-order valence-corrected chi connectivity index (χ3v) is 4.26. The number of pyridine rings is 1. The number of nitrogens with zero attached hydrogens (tertiary/aromatic N) is 2. The first-order chi connectivity index (χ1) is 12.1. The maximum Gasteiger partial charge on any atom is 0.255 e. The third kappa shape index (κ3) is 4.67. The predicted octanol–water partition coefficient (Wildman–Crippen LogP) is 4.86. The maximum atomic E-state index is 12.5. The van der Waals surface area contributed by atoms with Crippen LogP contribution in [0.1, 0.15) is 15.9 Å². The van der Waals surface area contributed by atoms with Gasteiger partial charge in [-0.2, -0.15) is 0 Å². The summed E-state index contributed by atoms with van der Waals surface area (Å²) in [6.45, 7) is 0.568. The van der Waals surface area contributed by atoms with E-state index in [0.717, 1.165) is 15.7 Å². The fourth-order valence-corrected chi connectivity index (χ4v) is 2.69. The number of amides is 1. The standard InChI is InChI=1S/C20H18BrN3O/c1-24(14-15-5-3-2-4-6-15)20(25)16-7-12-19(22-13-16)23-18-10-8-17(21)9-11-18/h2-13H,14H2,1H3,(H,22,23). The molecular formula is C20H18BrN3O. The lowest BCUT2D eigenvalue weighted by molar-refractivity contribution is 0.0784. The summed E-state index contributed by atoms with van der Waals surface area (Å²) in [6.07, 6.45) is 1.60. The van der Waals surface area contributed by atoms with Crippen molar-refractivity contribution in [3.05, 3.63) is 88.5 Å². The quantitative estimate of drug-likeness (QED) is 0.670. The molecule has 0 aliphatic heterocycles. The van der Waals surface area contributed by atoms with Crippen LogP contribution in [0.4, 0.5) is 11.5 Å². The molecule has 0 fully saturated rings. The largest absolute Gasteiger partial charge is 0.340 e. The summed E-state index contributed by atoms with van der Waals surface area (Å²) in [5.74, 6) is 0.649. The van der Waals surface area contributed by atoms with Gasteiger partial charge in [0.15, 0.2) is 0 Å². The highest BCUT2D eigenvalue weighted by molar-refractivity contribution is 9.10.